The molecule has 0 spiro atoms. The quantitative estimate of drug-likeness (QED) is 0.328. The number of rotatable bonds is 8. The summed E-state index contributed by atoms with van der Waals surface area (Å²) in [4.78, 5) is 27.5. The number of benzene rings is 2. The van der Waals surface area contributed by atoms with Crippen molar-refractivity contribution in [3.05, 3.63) is 95.4 Å². The fourth-order valence-corrected chi connectivity index (χ4v) is 5.05. The van der Waals surface area contributed by atoms with Crippen LogP contribution in [0.4, 0.5) is 4.79 Å². The van der Waals surface area contributed by atoms with Crippen molar-refractivity contribution in [3.8, 4) is 17.3 Å². The molecule has 1 aliphatic heterocycles. The van der Waals surface area contributed by atoms with Crippen LogP contribution in [0.25, 0.3) is 11.5 Å². The molecule has 3 heterocycles. The summed E-state index contributed by atoms with van der Waals surface area (Å²) in [7, 11) is 0. The molecule has 0 radical (unpaired) electrons. The zero-order valence-electron chi connectivity index (χ0n) is 22.5. The third-order valence-electron chi connectivity index (χ3n) is 6.74. The van der Waals surface area contributed by atoms with Gasteiger partial charge in [0.05, 0.1) is 49.3 Å². The van der Waals surface area contributed by atoms with Gasteiger partial charge < -0.3 is 24.3 Å². The van der Waals surface area contributed by atoms with Crippen molar-refractivity contribution in [1.82, 2.24) is 24.6 Å². The maximum Gasteiger partial charge on any atom is 0.318 e. The lowest BCUT2D eigenvalue weighted by molar-refractivity contribution is -0.142. The fourth-order valence-electron chi connectivity index (χ4n) is 5.05. The molecule has 1 N–H and O–H groups in total. The molecule has 2 aromatic heterocycles. The molecule has 1 aliphatic rings. The Balaban J connectivity index is 1.61. The van der Waals surface area contributed by atoms with Crippen molar-refractivity contribution in [2.24, 2.45) is 0 Å². The maximum atomic E-state index is 13.8. The highest BCUT2D eigenvalue weighted by Gasteiger charge is 2.36. The molecule has 9 nitrogen and oxygen atoms in total. The summed E-state index contributed by atoms with van der Waals surface area (Å²) in [6, 6.07) is 21.1. The molecule has 202 valence electrons. The number of urea groups is 1. The van der Waals surface area contributed by atoms with Gasteiger partial charge in [0.15, 0.2) is 0 Å². The van der Waals surface area contributed by atoms with Crippen LogP contribution in [0.5, 0.6) is 5.75 Å². The summed E-state index contributed by atoms with van der Waals surface area (Å²) in [6.07, 6.45) is 2.11. The smallest absolute Gasteiger partial charge is 0.318 e. The van der Waals surface area contributed by atoms with Crippen molar-refractivity contribution in [2.75, 3.05) is 19.8 Å². The van der Waals surface area contributed by atoms with Gasteiger partial charge in [0.25, 0.3) is 0 Å². The van der Waals surface area contributed by atoms with Crippen molar-refractivity contribution in [2.45, 2.75) is 39.8 Å². The Morgan fingerprint density at radius 1 is 1.03 bits per heavy atom. The first-order chi connectivity index (χ1) is 19.0. The molecule has 39 heavy (non-hydrogen) atoms. The molecule has 0 bridgehead atoms. The highest BCUT2D eigenvalue weighted by atomic mass is 16.5. The van der Waals surface area contributed by atoms with E-state index < -0.39 is 6.04 Å². The van der Waals surface area contributed by atoms with E-state index in [9.17, 15) is 9.59 Å². The summed E-state index contributed by atoms with van der Waals surface area (Å²) in [5.74, 6) is 1.29. The van der Waals surface area contributed by atoms with Gasteiger partial charge >= 0.3 is 12.0 Å². The summed E-state index contributed by atoms with van der Waals surface area (Å²) in [5.41, 5.74) is 4.55. The van der Waals surface area contributed by atoms with E-state index in [1.165, 1.54) is 0 Å². The molecule has 4 aromatic rings. The standard InChI is InChI=1S/C30H33N5O4/c1-4-38-24-14-9-11-22(19-24)28-26-15-10-18-33(26)29-25(21(3)32-35(29)23-12-7-6-8-13-23)20-34(28)30(37)31-17-16-27(36)39-5-2/h6-15,18-19,28H,4-5,16-17,20H2,1-3H3,(H,31,37)/t28-/m1/s1. The highest BCUT2D eigenvalue weighted by molar-refractivity contribution is 5.77. The number of aromatic nitrogens is 3. The number of hydrogen-bond donors (Lipinski definition) is 1. The van der Waals surface area contributed by atoms with Crippen LogP contribution in [0.2, 0.25) is 0 Å². The summed E-state index contributed by atoms with van der Waals surface area (Å²) < 4.78 is 14.9. The number of ether oxygens (including phenoxy) is 2. The van der Waals surface area contributed by atoms with E-state index in [1.807, 2.05) is 91.5 Å². The molecule has 0 saturated carbocycles. The average molecular weight is 528 g/mol. The van der Waals surface area contributed by atoms with Gasteiger partial charge in [-0.3, -0.25) is 4.79 Å². The van der Waals surface area contributed by atoms with E-state index in [-0.39, 0.29) is 25.0 Å². The first-order valence-corrected chi connectivity index (χ1v) is 13.3. The lowest BCUT2D eigenvalue weighted by Gasteiger charge is -2.31. The Morgan fingerprint density at radius 2 is 1.85 bits per heavy atom. The Kier molecular flexibility index (Phi) is 7.67. The molecule has 2 aromatic carbocycles. The predicted molar refractivity (Wildman–Crippen MR) is 147 cm³/mol. The molecule has 0 saturated heterocycles. The zero-order chi connectivity index (χ0) is 27.4. The van der Waals surface area contributed by atoms with E-state index in [4.69, 9.17) is 14.6 Å². The van der Waals surface area contributed by atoms with Gasteiger partial charge in [0.1, 0.15) is 11.6 Å². The third kappa shape index (κ3) is 5.25. The summed E-state index contributed by atoms with van der Waals surface area (Å²) >= 11 is 0. The molecule has 0 fully saturated rings. The number of carbonyl (C=O) groups excluding carboxylic acids is 2. The van der Waals surface area contributed by atoms with E-state index >= 15 is 0 Å². The number of nitrogens with one attached hydrogen (secondary N) is 1. The normalized spacial score (nSPS) is 14.2. The largest absolute Gasteiger partial charge is 0.494 e. The average Bonchev–Trinajstić information content (AvgIpc) is 3.50. The second kappa shape index (κ2) is 11.5. The molecule has 2 amide bonds. The van der Waals surface area contributed by atoms with Gasteiger partial charge in [-0.25, -0.2) is 9.48 Å². The minimum atomic E-state index is -0.418. The van der Waals surface area contributed by atoms with Gasteiger partial charge in [0.2, 0.25) is 0 Å². The Morgan fingerprint density at radius 3 is 2.62 bits per heavy atom. The SMILES string of the molecule is CCOC(=O)CCNC(=O)N1Cc2c(C)nn(-c3ccccc3)c2-n2cccc2[C@H]1c1cccc(OCC)c1. The number of carbonyl (C=O) groups is 2. The Labute approximate surface area is 227 Å². The van der Waals surface area contributed by atoms with Crippen molar-refractivity contribution in [3.63, 3.8) is 0 Å². The number of para-hydroxylation sites is 1. The second-order valence-electron chi connectivity index (χ2n) is 9.26. The van der Waals surface area contributed by atoms with Gasteiger partial charge in [-0.2, -0.15) is 5.10 Å². The van der Waals surface area contributed by atoms with Crippen molar-refractivity contribution < 1.29 is 19.1 Å². The first kappa shape index (κ1) is 26.1. The van der Waals surface area contributed by atoms with Crippen LogP contribution in [-0.4, -0.2) is 51.0 Å². The van der Waals surface area contributed by atoms with Crippen LogP contribution in [0, 0.1) is 6.92 Å². The van der Waals surface area contributed by atoms with E-state index in [0.29, 0.717) is 19.8 Å². The minimum absolute atomic E-state index is 0.102. The van der Waals surface area contributed by atoms with Gasteiger partial charge in [-0.15, -0.1) is 0 Å². The number of nitrogens with zero attached hydrogens (tertiary/aromatic N) is 4. The Bertz CT molecular complexity index is 1460. The molecule has 0 unspecified atom stereocenters. The lowest BCUT2D eigenvalue weighted by Crippen LogP contribution is -2.42. The van der Waals surface area contributed by atoms with Crippen LogP contribution in [0.1, 0.15) is 48.8 Å². The first-order valence-electron chi connectivity index (χ1n) is 13.3. The summed E-state index contributed by atoms with van der Waals surface area (Å²) in [6.45, 7) is 7.03. The number of amides is 2. The number of hydrogen-bond acceptors (Lipinski definition) is 5. The van der Waals surface area contributed by atoms with Crippen LogP contribution in [-0.2, 0) is 16.1 Å². The molecular formula is C30H33N5O4. The van der Waals surface area contributed by atoms with Crippen LogP contribution in [0.3, 0.4) is 0 Å². The van der Waals surface area contributed by atoms with Crippen LogP contribution >= 0.6 is 0 Å². The number of esters is 1. The Hall–Kier alpha value is -4.53. The van der Waals surface area contributed by atoms with E-state index in [2.05, 4.69) is 9.88 Å². The molecule has 0 aliphatic carbocycles. The topological polar surface area (TPSA) is 90.6 Å². The van der Waals surface area contributed by atoms with Gasteiger partial charge in [-0.1, -0.05) is 30.3 Å². The fraction of sp³-hybridized carbons (Fsp3) is 0.300. The highest BCUT2D eigenvalue weighted by Crippen LogP contribution is 2.39. The van der Waals surface area contributed by atoms with Crippen LogP contribution < -0.4 is 10.1 Å². The molecule has 5 rings (SSSR count). The van der Waals surface area contributed by atoms with Crippen LogP contribution in [0.15, 0.2) is 72.9 Å². The van der Waals surface area contributed by atoms with Gasteiger partial charge in [-0.05, 0) is 62.7 Å². The monoisotopic (exact) mass is 527 g/mol. The molecular weight excluding hydrogens is 494 g/mol. The molecule has 1 atom stereocenters. The minimum Gasteiger partial charge on any atom is -0.494 e. The maximum absolute atomic E-state index is 13.8. The number of aryl methyl sites for hydroxylation is 1. The third-order valence-corrected chi connectivity index (χ3v) is 6.74. The van der Waals surface area contributed by atoms with E-state index in [1.54, 1.807) is 11.8 Å². The molecule has 9 heteroatoms. The zero-order valence-corrected chi connectivity index (χ0v) is 22.5. The summed E-state index contributed by atoms with van der Waals surface area (Å²) in [5, 5.41) is 7.81. The van der Waals surface area contributed by atoms with Gasteiger partial charge in [0, 0.05) is 18.3 Å². The van der Waals surface area contributed by atoms with Crippen molar-refractivity contribution in [1.29, 1.82) is 0 Å². The number of fused-ring (bicyclic) bond motifs is 3. The predicted octanol–water partition coefficient (Wildman–Crippen LogP) is 4.94. The van der Waals surface area contributed by atoms with E-state index in [0.717, 1.165) is 39.8 Å². The second-order valence-corrected chi connectivity index (χ2v) is 9.26. The lowest BCUT2D eigenvalue weighted by atomic mass is 10.0. The van der Waals surface area contributed by atoms with Crippen molar-refractivity contribution >= 4 is 12.0 Å².